The molecular weight excluding hydrogens is 556 g/mol. The highest BCUT2D eigenvalue weighted by atomic mass is 16.4. The summed E-state index contributed by atoms with van der Waals surface area (Å²) < 4.78 is 0. The first-order chi connectivity index (χ1) is 20.5. The topological polar surface area (TPSA) is 233 Å². The van der Waals surface area contributed by atoms with E-state index in [4.69, 9.17) is 11.5 Å². The van der Waals surface area contributed by atoms with Crippen LogP contribution in [0.2, 0.25) is 0 Å². The second-order valence-corrected chi connectivity index (χ2v) is 10.5. The fourth-order valence-electron chi connectivity index (χ4n) is 4.66. The number of nitrogens with two attached hydrogens (primary N) is 2. The van der Waals surface area contributed by atoms with Crippen LogP contribution < -0.4 is 27.4 Å². The van der Waals surface area contributed by atoms with E-state index in [1.165, 1.54) is 19.1 Å². The van der Waals surface area contributed by atoms with Crippen LogP contribution in [0.25, 0.3) is 10.9 Å². The van der Waals surface area contributed by atoms with Crippen molar-refractivity contribution >= 4 is 34.6 Å². The van der Waals surface area contributed by atoms with E-state index in [1.807, 2.05) is 24.3 Å². The van der Waals surface area contributed by atoms with Crippen LogP contribution in [0.4, 0.5) is 0 Å². The Balaban J connectivity index is 1.78. The molecule has 3 amide bonds. The Bertz CT molecular complexity index is 1390. The number of carbonyl (C=O) groups excluding carboxylic acids is 3. The summed E-state index contributed by atoms with van der Waals surface area (Å²) in [5, 5.41) is 37.9. The van der Waals surface area contributed by atoms with Crippen LogP contribution in [-0.4, -0.2) is 80.8 Å². The Kier molecular flexibility index (Phi) is 12.0. The van der Waals surface area contributed by atoms with Crippen molar-refractivity contribution in [1.29, 1.82) is 0 Å². The van der Waals surface area contributed by atoms with E-state index in [-0.39, 0.29) is 25.0 Å². The molecule has 0 aliphatic heterocycles. The highest BCUT2D eigenvalue weighted by Gasteiger charge is 2.33. The number of aliphatic carboxylic acids is 1. The Labute approximate surface area is 249 Å². The summed E-state index contributed by atoms with van der Waals surface area (Å²) in [5.41, 5.74) is 13.7. The number of benzene rings is 2. The van der Waals surface area contributed by atoms with Crippen molar-refractivity contribution in [2.24, 2.45) is 11.5 Å². The van der Waals surface area contributed by atoms with Gasteiger partial charge in [-0.2, -0.15) is 0 Å². The van der Waals surface area contributed by atoms with Crippen molar-refractivity contribution in [3.8, 4) is 5.75 Å². The standard InChI is InChI=1S/C30H40N6O7/c1-17(37)26(36-27(39)22(32)14-18-9-11-20(38)12-10-18)29(41)35-25(15-19-16-33-23-7-3-2-6-21(19)23)28(40)34-24(30(42)43)8-4-5-13-31/h2-3,6-7,9-12,16-17,22,24-26,33,37-38H,4-5,8,13-15,31-32H2,1H3,(H,34,40)(H,35,41)(H,36,39)(H,42,43). The molecular formula is C30H40N6O7. The van der Waals surface area contributed by atoms with Gasteiger partial charge in [-0.3, -0.25) is 14.4 Å². The van der Waals surface area contributed by atoms with E-state index in [0.717, 1.165) is 10.9 Å². The van der Waals surface area contributed by atoms with E-state index < -0.39 is 54.0 Å². The van der Waals surface area contributed by atoms with Crippen LogP contribution in [0.1, 0.15) is 37.3 Å². The Morgan fingerprint density at radius 2 is 1.56 bits per heavy atom. The molecule has 13 heteroatoms. The van der Waals surface area contributed by atoms with Gasteiger partial charge in [-0.05, 0) is 68.5 Å². The molecule has 3 rings (SSSR count). The molecule has 0 aliphatic carbocycles. The summed E-state index contributed by atoms with van der Waals surface area (Å²) in [6.45, 7) is 1.69. The molecule has 232 valence electrons. The molecule has 0 saturated heterocycles. The van der Waals surface area contributed by atoms with E-state index in [2.05, 4.69) is 20.9 Å². The van der Waals surface area contributed by atoms with Crippen LogP contribution in [-0.2, 0) is 32.0 Å². The molecule has 0 saturated carbocycles. The van der Waals surface area contributed by atoms with Gasteiger partial charge in [0.15, 0.2) is 0 Å². The second-order valence-electron chi connectivity index (χ2n) is 10.5. The number of unbranched alkanes of at least 4 members (excludes halogenated alkanes) is 1. The van der Waals surface area contributed by atoms with Gasteiger partial charge in [0.05, 0.1) is 12.1 Å². The lowest BCUT2D eigenvalue weighted by molar-refractivity contribution is -0.142. The van der Waals surface area contributed by atoms with Gasteiger partial charge < -0.3 is 47.7 Å². The van der Waals surface area contributed by atoms with E-state index >= 15 is 0 Å². The monoisotopic (exact) mass is 596 g/mol. The number of para-hydroxylation sites is 1. The van der Waals surface area contributed by atoms with Gasteiger partial charge >= 0.3 is 5.97 Å². The second kappa shape index (κ2) is 15.7. The number of nitrogens with one attached hydrogen (secondary N) is 4. The van der Waals surface area contributed by atoms with Gasteiger partial charge in [0.1, 0.15) is 23.9 Å². The molecule has 0 fully saturated rings. The number of carbonyl (C=O) groups is 4. The Morgan fingerprint density at radius 1 is 0.884 bits per heavy atom. The maximum atomic E-state index is 13.4. The minimum atomic E-state index is -1.46. The number of amides is 3. The van der Waals surface area contributed by atoms with Gasteiger partial charge in [0.2, 0.25) is 17.7 Å². The molecule has 11 N–H and O–H groups in total. The van der Waals surface area contributed by atoms with E-state index in [9.17, 15) is 34.5 Å². The minimum Gasteiger partial charge on any atom is -0.508 e. The van der Waals surface area contributed by atoms with Crippen LogP contribution in [0.5, 0.6) is 5.75 Å². The number of aliphatic hydroxyl groups is 1. The molecule has 13 nitrogen and oxygen atoms in total. The number of phenols is 1. The number of aromatic amines is 1. The zero-order chi connectivity index (χ0) is 31.5. The Morgan fingerprint density at radius 3 is 2.21 bits per heavy atom. The molecule has 2 aromatic carbocycles. The van der Waals surface area contributed by atoms with E-state index in [0.29, 0.717) is 30.5 Å². The third kappa shape index (κ3) is 9.53. The number of hydrogen-bond acceptors (Lipinski definition) is 8. The lowest BCUT2D eigenvalue weighted by Gasteiger charge is -2.26. The average Bonchev–Trinajstić information content (AvgIpc) is 3.38. The van der Waals surface area contributed by atoms with Gasteiger partial charge in [-0.15, -0.1) is 0 Å². The largest absolute Gasteiger partial charge is 0.508 e. The number of carboxylic acid groups (broad SMARTS) is 1. The summed E-state index contributed by atoms with van der Waals surface area (Å²) in [6, 6.07) is 8.51. The molecule has 5 atom stereocenters. The zero-order valence-corrected chi connectivity index (χ0v) is 24.0. The molecule has 1 aromatic heterocycles. The van der Waals surface area contributed by atoms with Gasteiger partial charge in [0, 0.05) is 23.5 Å². The lowest BCUT2D eigenvalue weighted by Crippen LogP contribution is -2.60. The summed E-state index contributed by atoms with van der Waals surface area (Å²) in [6.07, 6.45) is 1.66. The Hall–Kier alpha value is -4.46. The zero-order valence-electron chi connectivity index (χ0n) is 24.0. The number of phenolic OH excluding ortho intramolecular Hbond substituents is 1. The smallest absolute Gasteiger partial charge is 0.326 e. The quantitative estimate of drug-likeness (QED) is 0.101. The normalized spacial score (nSPS) is 14.7. The number of H-pyrrole nitrogens is 1. The number of aromatic nitrogens is 1. The number of aromatic hydroxyl groups is 1. The predicted octanol–water partition coefficient (Wildman–Crippen LogP) is 0.0348. The third-order valence-corrected chi connectivity index (χ3v) is 7.08. The molecule has 43 heavy (non-hydrogen) atoms. The van der Waals surface area contributed by atoms with Crippen LogP contribution >= 0.6 is 0 Å². The maximum Gasteiger partial charge on any atom is 0.326 e. The molecule has 0 spiro atoms. The van der Waals surface area contributed by atoms with Gasteiger partial charge in [-0.25, -0.2) is 4.79 Å². The minimum absolute atomic E-state index is 0.00241. The first kappa shape index (κ1) is 33.0. The highest BCUT2D eigenvalue weighted by molar-refractivity contribution is 5.95. The summed E-state index contributed by atoms with van der Waals surface area (Å²) in [7, 11) is 0. The van der Waals surface area contributed by atoms with Crippen molar-refractivity contribution in [2.45, 2.75) is 69.3 Å². The van der Waals surface area contributed by atoms with E-state index in [1.54, 1.807) is 18.3 Å². The van der Waals surface area contributed by atoms with Gasteiger partial charge in [-0.1, -0.05) is 30.3 Å². The van der Waals surface area contributed by atoms with Crippen LogP contribution in [0, 0.1) is 0 Å². The summed E-state index contributed by atoms with van der Waals surface area (Å²) in [4.78, 5) is 54.7. The molecule has 0 radical (unpaired) electrons. The SMILES string of the molecule is CC(O)C(NC(=O)C(N)Cc1ccc(O)cc1)C(=O)NC(Cc1c[nH]c2ccccc12)C(=O)NC(CCCCN)C(=O)O. The summed E-state index contributed by atoms with van der Waals surface area (Å²) >= 11 is 0. The number of rotatable bonds is 16. The first-order valence-corrected chi connectivity index (χ1v) is 14.1. The lowest BCUT2D eigenvalue weighted by atomic mass is 10.0. The molecule has 1 heterocycles. The fraction of sp³-hybridized carbons (Fsp3) is 0.400. The van der Waals surface area contributed by atoms with Crippen molar-refractivity contribution in [1.82, 2.24) is 20.9 Å². The average molecular weight is 597 g/mol. The number of fused-ring (bicyclic) bond motifs is 1. The number of hydrogen-bond donors (Lipinski definition) is 9. The van der Waals surface area contributed by atoms with Crippen LogP contribution in [0.15, 0.2) is 54.7 Å². The molecule has 3 aromatic rings. The third-order valence-electron chi connectivity index (χ3n) is 7.08. The van der Waals surface area contributed by atoms with Gasteiger partial charge in [0.25, 0.3) is 0 Å². The maximum absolute atomic E-state index is 13.4. The predicted molar refractivity (Wildman–Crippen MR) is 160 cm³/mol. The molecule has 0 aliphatic rings. The molecule has 0 bridgehead atoms. The first-order valence-electron chi connectivity index (χ1n) is 14.1. The van der Waals surface area contributed by atoms with Crippen molar-refractivity contribution in [3.05, 3.63) is 65.9 Å². The number of aliphatic hydroxyl groups excluding tert-OH is 1. The fourth-order valence-corrected chi connectivity index (χ4v) is 4.66. The van der Waals surface area contributed by atoms with Crippen molar-refractivity contribution < 1.29 is 34.5 Å². The van der Waals surface area contributed by atoms with Crippen molar-refractivity contribution in [2.75, 3.05) is 6.54 Å². The van der Waals surface area contributed by atoms with Crippen LogP contribution in [0.3, 0.4) is 0 Å². The highest BCUT2D eigenvalue weighted by Crippen LogP contribution is 2.19. The number of carboxylic acids is 1. The summed E-state index contributed by atoms with van der Waals surface area (Å²) in [5.74, 6) is -3.46. The van der Waals surface area contributed by atoms with Crippen molar-refractivity contribution in [3.63, 3.8) is 0 Å². The molecule has 5 unspecified atom stereocenters.